The van der Waals surface area contributed by atoms with Crippen LogP contribution in [0.25, 0.3) is 10.8 Å². The number of halogens is 1. The van der Waals surface area contributed by atoms with Gasteiger partial charge in [0.25, 0.3) is 5.91 Å². The van der Waals surface area contributed by atoms with Crippen LogP contribution in [-0.2, 0) is 21.8 Å². The van der Waals surface area contributed by atoms with E-state index in [-0.39, 0.29) is 35.9 Å². The van der Waals surface area contributed by atoms with Crippen molar-refractivity contribution < 1.29 is 38.6 Å². The molecule has 0 aliphatic carbocycles. The number of nitrogens with one attached hydrogen (secondary N) is 1. The molecule has 0 bridgehead atoms. The number of aromatic hydroxyl groups is 1. The van der Waals surface area contributed by atoms with E-state index in [4.69, 9.17) is 25.8 Å². The van der Waals surface area contributed by atoms with Crippen LogP contribution in [-0.4, -0.2) is 68.5 Å². The molecule has 2 N–H and O–H groups in total. The molecule has 336 valence electrons. The molecule has 1 heterocycles. The smallest absolute Gasteiger partial charge is 0.420 e. The number of anilines is 2. The van der Waals surface area contributed by atoms with Gasteiger partial charge in [0.05, 0.1) is 35.6 Å². The van der Waals surface area contributed by atoms with Crippen LogP contribution in [0.15, 0.2) is 71.9 Å². The highest BCUT2D eigenvalue weighted by Gasteiger charge is 2.26. The summed E-state index contributed by atoms with van der Waals surface area (Å²) in [5.41, 5.74) is 0.762. The van der Waals surface area contributed by atoms with Crippen molar-refractivity contribution in [2.24, 2.45) is 0 Å². The number of esters is 1. The molecule has 16 nitrogen and oxygen atoms in total. The molecule has 0 aliphatic heterocycles. The van der Waals surface area contributed by atoms with Crippen LogP contribution in [0.1, 0.15) is 107 Å². The van der Waals surface area contributed by atoms with Crippen molar-refractivity contribution in [2.45, 2.75) is 108 Å². The number of ether oxygens (including phenoxy) is 3. The predicted molar refractivity (Wildman–Crippen MR) is 243 cm³/mol. The van der Waals surface area contributed by atoms with E-state index < -0.39 is 28.6 Å². The highest BCUT2D eigenvalue weighted by atomic mass is 35.5. The van der Waals surface area contributed by atoms with Crippen molar-refractivity contribution in [1.29, 1.82) is 0 Å². The van der Waals surface area contributed by atoms with E-state index in [1.807, 2.05) is 6.92 Å². The number of thioether (sulfide) groups is 1. The Labute approximate surface area is 375 Å². The van der Waals surface area contributed by atoms with Crippen molar-refractivity contribution in [3.63, 3.8) is 0 Å². The molecule has 1 aromatic heterocycles. The largest absolute Gasteiger partial charge is 0.506 e. The summed E-state index contributed by atoms with van der Waals surface area (Å²) in [5.74, 6) is -1.09. The molecule has 0 aliphatic rings. The summed E-state index contributed by atoms with van der Waals surface area (Å²) in [6.07, 6.45) is 11.5. The summed E-state index contributed by atoms with van der Waals surface area (Å²) < 4.78 is 17.7. The first-order valence-corrected chi connectivity index (χ1v) is 22.6. The molecule has 0 fully saturated rings. The molecule has 5 aromatic rings. The van der Waals surface area contributed by atoms with Gasteiger partial charge in [-0.3, -0.25) is 24.6 Å². The molecular formula is C45H54ClN7O9S. The second kappa shape index (κ2) is 24.6. The number of amides is 2. The van der Waals surface area contributed by atoms with Gasteiger partial charge in [-0.2, -0.15) is 0 Å². The molecule has 0 unspecified atom stereocenters. The molecule has 18 heteroatoms. The third-order valence-electron chi connectivity index (χ3n) is 10.2. The maximum atomic E-state index is 14.2. The van der Waals surface area contributed by atoms with E-state index in [0.29, 0.717) is 56.7 Å². The number of carbonyl (C=O) groups excluding carboxylic acids is 3. The lowest BCUT2D eigenvalue weighted by molar-refractivity contribution is -0.385. The Balaban J connectivity index is 1.35. The summed E-state index contributed by atoms with van der Waals surface area (Å²) in [4.78, 5) is 53.1. The number of nitro groups is 1. The fourth-order valence-corrected chi connectivity index (χ4v) is 7.85. The molecule has 0 saturated carbocycles. The molecule has 0 saturated heterocycles. The van der Waals surface area contributed by atoms with Gasteiger partial charge >= 0.3 is 17.7 Å². The van der Waals surface area contributed by atoms with Crippen molar-refractivity contribution in [1.82, 2.24) is 20.2 Å². The minimum absolute atomic E-state index is 0.0270. The van der Waals surface area contributed by atoms with Gasteiger partial charge in [0.2, 0.25) is 10.9 Å². The topological polar surface area (TPSA) is 201 Å². The average molecular weight is 904 g/mol. The maximum absolute atomic E-state index is 14.2. The monoisotopic (exact) mass is 903 g/mol. The molecule has 2 amide bonds. The summed E-state index contributed by atoms with van der Waals surface area (Å²) in [7, 11) is 1.46. The van der Waals surface area contributed by atoms with Gasteiger partial charge in [-0.15, -0.1) is 5.10 Å². The Morgan fingerprint density at radius 1 is 0.889 bits per heavy atom. The van der Waals surface area contributed by atoms with Gasteiger partial charge in [0.1, 0.15) is 18.0 Å². The minimum Gasteiger partial charge on any atom is -0.506 e. The quantitative estimate of drug-likeness (QED) is 0.0184. The first kappa shape index (κ1) is 48.1. The number of hydrogen-bond donors (Lipinski definition) is 2. The number of aromatic nitrogens is 4. The van der Waals surface area contributed by atoms with Crippen molar-refractivity contribution in [3.05, 3.63) is 93.0 Å². The molecule has 0 spiro atoms. The zero-order chi connectivity index (χ0) is 45.1. The third-order valence-corrected chi connectivity index (χ3v) is 11.5. The summed E-state index contributed by atoms with van der Waals surface area (Å²) >= 11 is 7.34. The second-order valence-corrected chi connectivity index (χ2v) is 16.3. The number of unbranched alkanes of at least 4 members (excludes halogenated alkanes) is 10. The SMILES string of the molecule is CCCCCCCCCCCCN(C(=O)Oc1ccc(CSc2nnnn2CC(=O)OCCCC)cc1[N+](=O)[O-])c1cccc2c(O)c(C(=O)Nc3cc(Cl)ccc3OC)ccc12. The summed E-state index contributed by atoms with van der Waals surface area (Å²) in [5, 5.41) is 39.5. The first-order valence-electron chi connectivity index (χ1n) is 21.2. The zero-order valence-electron chi connectivity index (χ0n) is 35.8. The number of nitro benzene ring substituents is 1. The number of nitrogens with zero attached hydrogens (tertiary/aromatic N) is 6. The number of tetrazole rings is 1. The van der Waals surface area contributed by atoms with Crippen LogP contribution in [0.4, 0.5) is 21.9 Å². The standard InChI is InChI=1S/C45H54ClN7O9S/c1-4-6-8-9-10-11-12-13-14-15-25-51(37-18-16-17-34-33(37)21-22-35(42(34)55)43(56)47-36-28-32(46)20-24-39(36)60-3)45(57)62-40-23-19-31(27-38(40)53(58)59)30-63-44-48-49-50-52(44)29-41(54)61-26-7-5-2/h16-24,27-28,55H,4-15,25-26,29-30H2,1-3H3,(H,47,56). The number of phenols is 1. The molecule has 4 aromatic carbocycles. The van der Waals surface area contributed by atoms with Crippen LogP contribution in [0.2, 0.25) is 5.02 Å². The second-order valence-electron chi connectivity index (χ2n) is 14.9. The Bertz CT molecular complexity index is 2340. The average Bonchev–Trinajstić information content (AvgIpc) is 3.71. The Morgan fingerprint density at radius 3 is 2.32 bits per heavy atom. The molecular weight excluding hydrogens is 850 g/mol. The normalized spacial score (nSPS) is 11.0. The van der Waals surface area contributed by atoms with Gasteiger partial charge < -0.3 is 24.6 Å². The van der Waals surface area contributed by atoms with Gasteiger partial charge in [-0.25, -0.2) is 9.48 Å². The lowest BCUT2D eigenvalue weighted by atomic mass is 10.0. The lowest BCUT2D eigenvalue weighted by Gasteiger charge is -2.24. The van der Waals surface area contributed by atoms with Gasteiger partial charge in [0.15, 0.2) is 0 Å². The van der Waals surface area contributed by atoms with Crippen molar-refractivity contribution in [2.75, 3.05) is 30.5 Å². The Hall–Kier alpha value is -5.94. The number of hydrogen-bond acceptors (Lipinski definition) is 13. The number of rotatable bonds is 25. The minimum atomic E-state index is -0.858. The molecule has 63 heavy (non-hydrogen) atoms. The van der Waals surface area contributed by atoms with Gasteiger partial charge in [-0.1, -0.05) is 126 Å². The number of carbonyl (C=O) groups is 3. The van der Waals surface area contributed by atoms with Gasteiger partial charge in [0, 0.05) is 34.2 Å². The Kier molecular flexibility index (Phi) is 18.8. The van der Waals surface area contributed by atoms with Crippen LogP contribution in [0.5, 0.6) is 17.2 Å². The molecule has 0 atom stereocenters. The van der Waals surface area contributed by atoms with Crippen LogP contribution in [0.3, 0.4) is 0 Å². The number of fused-ring (bicyclic) bond motifs is 1. The summed E-state index contributed by atoms with van der Waals surface area (Å²) in [6, 6.07) is 17.1. The maximum Gasteiger partial charge on any atom is 0.420 e. The number of benzene rings is 4. The number of phenolic OH excluding ortho intramolecular Hbond substituents is 1. The highest BCUT2D eigenvalue weighted by molar-refractivity contribution is 7.98. The van der Waals surface area contributed by atoms with Crippen LogP contribution < -0.4 is 19.7 Å². The van der Waals surface area contributed by atoms with Crippen LogP contribution in [0, 0.1) is 10.1 Å². The van der Waals surface area contributed by atoms with E-state index in [1.54, 1.807) is 42.5 Å². The first-order chi connectivity index (χ1) is 30.5. The van der Waals surface area contributed by atoms with E-state index >= 15 is 0 Å². The van der Waals surface area contributed by atoms with E-state index in [2.05, 4.69) is 27.8 Å². The number of methoxy groups -OCH3 is 1. The van der Waals surface area contributed by atoms with Gasteiger partial charge in [-0.05, 0) is 65.2 Å². The zero-order valence-corrected chi connectivity index (χ0v) is 37.4. The fraction of sp³-hybridized carbons (Fsp3) is 0.422. The summed E-state index contributed by atoms with van der Waals surface area (Å²) in [6.45, 7) is 4.52. The third kappa shape index (κ3) is 13.8. The molecule has 5 rings (SSSR count). The fourth-order valence-electron chi connectivity index (χ4n) is 6.86. The predicted octanol–water partition coefficient (Wildman–Crippen LogP) is 10.9. The molecule has 0 radical (unpaired) electrons. The highest BCUT2D eigenvalue weighted by Crippen LogP contribution is 2.38. The van der Waals surface area contributed by atoms with Crippen molar-refractivity contribution >= 4 is 69.2 Å². The lowest BCUT2D eigenvalue weighted by Crippen LogP contribution is -2.34. The van der Waals surface area contributed by atoms with E-state index in [0.717, 1.165) is 38.5 Å². The van der Waals surface area contributed by atoms with Crippen molar-refractivity contribution in [3.8, 4) is 17.2 Å². The van der Waals surface area contributed by atoms with Crippen LogP contribution >= 0.6 is 23.4 Å². The van der Waals surface area contributed by atoms with E-state index in [1.165, 1.54) is 84.8 Å². The van der Waals surface area contributed by atoms with E-state index in [9.17, 15) is 29.6 Å². The Morgan fingerprint density at radius 2 is 1.60 bits per heavy atom.